The number of rotatable bonds is 2. The van der Waals surface area contributed by atoms with E-state index in [1.807, 2.05) is 0 Å². The van der Waals surface area contributed by atoms with Crippen LogP contribution in [0.5, 0.6) is 0 Å². The number of halogens is 4. The van der Waals surface area contributed by atoms with E-state index in [-0.39, 0.29) is 6.42 Å². The van der Waals surface area contributed by atoms with Gasteiger partial charge in [0.15, 0.2) is 5.78 Å². The first-order chi connectivity index (χ1) is 8.00. The number of ketones is 1. The van der Waals surface area contributed by atoms with Crippen LogP contribution in [0.3, 0.4) is 0 Å². The number of Topliss-reactive ketones (excluding diaryl/α,β-unsaturated/α-hetero) is 1. The SMILES string of the molecule is CC(C)(C)CC(=O)c1ccc(F)cc1C(F)(F)F. The molecule has 0 saturated carbocycles. The average Bonchev–Trinajstić information content (AvgIpc) is 2.13. The van der Waals surface area contributed by atoms with E-state index in [0.717, 1.165) is 12.1 Å². The van der Waals surface area contributed by atoms with Gasteiger partial charge in [-0.15, -0.1) is 0 Å². The van der Waals surface area contributed by atoms with E-state index in [1.165, 1.54) is 0 Å². The van der Waals surface area contributed by atoms with Crippen molar-refractivity contribution in [2.45, 2.75) is 33.4 Å². The molecule has 0 saturated heterocycles. The van der Waals surface area contributed by atoms with E-state index in [1.54, 1.807) is 20.8 Å². The number of carbonyl (C=O) groups is 1. The lowest BCUT2D eigenvalue weighted by Gasteiger charge is -2.18. The first kappa shape index (κ1) is 14.7. The Morgan fingerprint density at radius 2 is 1.72 bits per heavy atom. The lowest BCUT2D eigenvalue weighted by atomic mass is 9.86. The van der Waals surface area contributed by atoms with Gasteiger partial charge in [-0.05, 0) is 23.6 Å². The van der Waals surface area contributed by atoms with Crippen LogP contribution in [-0.2, 0) is 6.18 Å². The fourth-order valence-corrected chi connectivity index (χ4v) is 1.57. The molecule has 0 aliphatic rings. The van der Waals surface area contributed by atoms with Crippen LogP contribution >= 0.6 is 0 Å². The van der Waals surface area contributed by atoms with Crippen molar-refractivity contribution in [3.8, 4) is 0 Å². The summed E-state index contributed by atoms with van der Waals surface area (Å²) in [7, 11) is 0. The highest BCUT2D eigenvalue weighted by molar-refractivity contribution is 5.98. The Morgan fingerprint density at radius 1 is 1.17 bits per heavy atom. The topological polar surface area (TPSA) is 17.1 Å². The standard InChI is InChI=1S/C13H14F4O/c1-12(2,3)7-11(18)9-5-4-8(14)6-10(9)13(15,16)17/h4-6H,7H2,1-3H3. The normalized spacial score (nSPS) is 12.6. The molecule has 0 aliphatic carbocycles. The first-order valence-corrected chi connectivity index (χ1v) is 5.41. The van der Waals surface area contributed by atoms with Gasteiger partial charge in [0.25, 0.3) is 0 Å². The Balaban J connectivity index is 3.21. The smallest absolute Gasteiger partial charge is 0.294 e. The van der Waals surface area contributed by atoms with Crippen molar-refractivity contribution in [2.75, 3.05) is 0 Å². The third-order valence-electron chi connectivity index (χ3n) is 2.28. The van der Waals surface area contributed by atoms with Gasteiger partial charge >= 0.3 is 6.18 Å². The second-order valence-corrected chi connectivity index (χ2v) is 5.35. The molecule has 1 nitrogen and oxygen atoms in total. The zero-order valence-corrected chi connectivity index (χ0v) is 10.4. The van der Waals surface area contributed by atoms with E-state index in [2.05, 4.69) is 0 Å². The van der Waals surface area contributed by atoms with Crippen LogP contribution in [0.25, 0.3) is 0 Å². The molecule has 0 spiro atoms. The van der Waals surface area contributed by atoms with Gasteiger partial charge in [-0.1, -0.05) is 20.8 Å². The zero-order valence-electron chi connectivity index (χ0n) is 10.4. The van der Waals surface area contributed by atoms with Crippen molar-refractivity contribution in [3.63, 3.8) is 0 Å². The monoisotopic (exact) mass is 262 g/mol. The largest absolute Gasteiger partial charge is 0.417 e. The molecule has 0 unspecified atom stereocenters. The highest BCUT2D eigenvalue weighted by Crippen LogP contribution is 2.34. The van der Waals surface area contributed by atoms with Gasteiger partial charge in [-0.3, -0.25) is 4.79 Å². The van der Waals surface area contributed by atoms with E-state index < -0.39 is 34.3 Å². The van der Waals surface area contributed by atoms with E-state index in [0.29, 0.717) is 6.07 Å². The minimum absolute atomic E-state index is 0.0261. The van der Waals surface area contributed by atoms with Crippen molar-refractivity contribution in [3.05, 3.63) is 35.1 Å². The Bertz CT molecular complexity index is 455. The van der Waals surface area contributed by atoms with Gasteiger partial charge in [0.1, 0.15) is 5.82 Å². The summed E-state index contributed by atoms with van der Waals surface area (Å²) >= 11 is 0. The van der Waals surface area contributed by atoms with Crippen molar-refractivity contribution >= 4 is 5.78 Å². The molecule has 0 atom stereocenters. The fourth-order valence-electron chi connectivity index (χ4n) is 1.57. The van der Waals surface area contributed by atoms with Crippen LogP contribution in [0.2, 0.25) is 0 Å². The summed E-state index contributed by atoms with van der Waals surface area (Å²) in [5, 5.41) is 0. The molecule has 18 heavy (non-hydrogen) atoms. The lowest BCUT2D eigenvalue weighted by Crippen LogP contribution is -2.18. The zero-order chi connectivity index (χ0) is 14.1. The van der Waals surface area contributed by atoms with Crippen LogP contribution in [0.4, 0.5) is 17.6 Å². The Kier molecular flexibility index (Phi) is 3.84. The van der Waals surface area contributed by atoms with Crippen molar-refractivity contribution in [1.29, 1.82) is 0 Å². The summed E-state index contributed by atoms with van der Waals surface area (Å²) < 4.78 is 51.0. The van der Waals surface area contributed by atoms with Gasteiger partial charge in [0.2, 0.25) is 0 Å². The van der Waals surface area contributed by atoms with Crippen LogP contribution in [0, 0.1) is 11.2 Å². The number of benzene rings is 1. The van der Waals surface area contributed by atoms with Gasteiger partial charge in [0, 0.05) is 12.0 Å². The van der Waals surface area contributed by atoms with E-state index in [4.69, 9.17) is 0 Å². The first-order valence-electron chi connectivity index (χ1n) is 5.41. The molecule has 0 heterocycles. The van der Waals surface area contributed by atoms with Gasteiger partial charge < -0.3 is 0 Å². The molecule has 1 rings (SSSR count). The Hall–Kier alpha value is -1.39. The molecular weight excluding hydrogens is 248 g/mol. The highest BCUT2D eigenvalue weighted by Gasteiger charge is 2.36. The maximum atomic E-state index is 12.9. The molecule has 0 bridgehead atoms. The van der Waals surface area contributed by atoms with E-state index >= 15 is 0 Å². The molecule has 0 fully saturated rings. The molecule has 0 N–H and O–H groups in total. The van der Waals surface area contributed by atoms with Gasteiger partial charge in [-0.25, -0.2) is 4.39 Å². The summed E-state index contributed by atoms with van der Waals surface area (Å²) in [6, 6.07) is 2.12. The second-order valence-electron chi connectivity index (χ2n) is 5.35. The van der Waals surface area contributed by atoms with Crippen LogP contribution in [-0.4, -0.2) is 5.78 Å². The number of hydrogen-bond acceptors (Lipinski definition) is 1. The Morgan fingerprint density at radius 3 is 2.17 bits per heavy atom. The molecule has 5 heteroatoms. The maximum Gasteiger partial charge on any atom is 0.417 e. The minimum Gasteiger partial charge on any atom is -0.294 e. The van der Waals surface area contributed by atoms with Gasteiger partial charge in [-0.2, -0.15) is 13.2 Å². The molecule has 1 aromatic rings. The molecule has 100 valence electrons. The van der Waals surface area contributed by atoms with Crippen LogP contribution in [0.15, 0.2) is 18.2 Å². The summed E-state index contributed by atoms with van der Waals surface area (Å²) in [5.41, 5.74) is -2.11. The Labute approximate surface area is 103 Å². The number of hydrogen-bond donors (Lipinski definition) is 0. The third-order valence-corrected chi connectivity index (χ3v) is 2.28. The molecule has 0 radical (unpaired) electrons. The quantitative estimate of drug-likeness (QED) is 0.568. The van der Waals surface area contributed by atoms with Crippen LogP contribution < -0.4 is 0 Å². The van der Waals surface area contributed by atoms with Crippen molar-refractivity contribution < 1.29 is 22.4 Å². The second kappa shape index (κ2) is 4.71. The molecular formula is C13H14F4O. The van der Waals surface area contributed by atoms with Crippen molar-refractivity contribution in [1.82, 2.24) is 0 Å². The lowest BCUT2D eigenvalue weighted by molar-refractivity contribution is -0.138. The number of alkyl halides is 3. The summed E-state index contributed by atoms with van der Waals surface area (Å²) in [5.74, 6) is -1.63. The average molecular weight is 262 g/mol. The number of carbonyl (C=O) groups excluding carboxylic acids is 1. The molecule has 0 aromatic heterocycles. The predicted molar refractivity (Wildman–Crippen MR) is 59.8 cm³/mol. The third kappa shape index (κ3) is 3.82. The molecule has 0 aliphatic heterocycles. The minimum atomic E-state index is -4.73. The highest BCUT2D eigenvalue weighted by atomic mass is 19.4. The predicted octanol–water partition coefficient (Wildman–Crippen LogP) is 4.46. The fraction of sp³-hybridized carbons (Fsp3) is 0.462. The molecule has 0 amide bonds. The summed E-state index contributed by atoms with van der Waals surface area (Å²) in [6.45, 7) is 5.26. The summed E-state index contributed by atoms with van der Waals surface area (Å²) in [6.07, 6.45) is -4.76. The van der Waals surface area contributed by atoms with Crippen molar-refractivity contribution in [2.24, 2.45) is 5.41 Å². The van der Waals surface area contributed by atoms with Gasteiger partial charge in [0.05, 0.1) is 5.56 Å². The maximum absolute atomic E-state index is 12.9. The summed E-state index contributed by atoms with van der Waals surface area (Å²) in [4.78, 5) is 11.8. The van der Waals surface area contributed by atoms with E-state index in [9.17, 15) is 22.4 Å². The molecule has 1 aromatic carbocycles. The van der Waals surface area contributed by atoms with Crippen LogP contribution in [0.1, 0.15) is 43.1 Å².